The maximum absolute atomic E-state index is 13.2. The molecule has 1 aliphatic carbocycles. The van der Waals surface area contributed by atoms with E-state index in [1.807, 2.05) is 6.07 Å². The van der Waals surface area contributed by atoms with Gasteiger partial charge in [-0.15, -0.1) is 0 Å². The van der Waals surface area contributed by atoms with Gasteiger partial charge in [0.2, 0.25) is 0 Å². The molecule has 2 unspecified atom stereocenters. The predicted molar refractivity (Wildman–Crippen MR) is 73.0 cm³/mol. The quantitative estimate of drug-likeness (QED) is 0.715. The molecule has 1 aromatic rings. The van der Waals surface area contributed by atoms with Crippen LogP contribution in [0.5, 0.6) is 5.75 Å². The lowest BCUT2D eigenvalue weighted by Gasteiger charge is -2.18. The van der Waals surface area contributed by atoms with E-state index < -0.39 is 6.17 Å². The van der Waals surface area contributed by atoms with Gasteiger partial charge in [0.15, 0.2) is 0 Å². The topological polar surface area (TPSA) is 9.23 Å². The molecule has 0 radical (unpaired) electrons. The Morgan fingerprint density at radius 3 is 2.67 bits per heavy atom. The number of hydrogen-bond donors (Lipinski definition) is 0. The van der Waals surface area contributed by atoms with E-state index in [1.165, 1.54) is 18.4 Å². The average Bonchev–Trinajstić information content (AvgIpc) is 3.10. The van der Waals surface area contributed by atoms with Gasteiger partial charge < -0.3 is 4.74 Å². The summed E-state index contributed by atoms with van der Waals surface area (Å²) in [5.41, 5.74) is 2.36. The van der Waals surface area contributed by atoms with Crippen molar-refractivity contribution >= 4 is 0 Å². The highest BCUT2D eigenvalue weighted by Gasteiger charge is 2.23. The molecule has 0 heterocycles. The van der Waals surface area contributed by atoms with Gasteiger partial charge in [-0.25, -0.2) is 4.39 Å². The van der Waals surface area contributed by atoms with Crippen molar-refractivity contribution in [2.45, 2.75) is 52.1 Å². The van der Waals surface area contributed by atoms with Crippen molar-refractivity contribution < 1.29 is 9.13 Å². The van der Waals surface area contributed by atoms with E-state index in [2.05, 4.69) is 26.0 Å². The lowest BCUT2D eigenvalue weighted by molar-refractivity contribution is 0.288. The lowest BCUT2D eigenvalue weighted by atomic mass is 9.94. The van der Waals surface area contributed by atoms with Gasteiger partial charge in [-0.2, -0.15) is 0 Å². The fourth-order valence-corrected chi connectivity index (χ4v) is 2.29. The molecule has 0 aliphatic heterocycles. The minimum Gasteiger partial charge on any atom is -0.493 e. The van der Waals surface area contributed by atoms with Gasteiger partial charge in [0, 0.05) is 0 Å². The van der Waals surface area contributed by atoms with Crippen LogP contribution in [0.1, 0.15) is 50.2 Å². The van der Waals surface area contributed by atoms with Crippen LogP contribution in [0.15, 0.2) is 18.2 Å². The fraction of sp³-hybridized carbons (Fsp3) is 0.625. The molecular formula is C16H23FO. The average molecular weight is 250 g/mol. The van der Waals surface area contributed by atoms with Crippen molar-refractivity contribution in [3.05, 3.63) is 29.3 Å². The zero-order valence-corrected chi connectivity index (χ0v) is 11.6. The second-order valence-corrected chi connectivity index (χ2v) is 5.71. The number of rotatable bonds is 6. The second-order valence-electron chi connectivity index (χ2n) is 5.71. The van der Waals surface area contributed by atoms with Crippen molar-refractivity contribution in [2.75, 3.05) is 6.61 Å². The maximum atomic E-state index is 13.2. The summed E-state index contributed by atoms with van der Waals surface area (Å²) in [6.45, 7) is 6.58. The Hall–Kier alpha value is -1.05. The zero-order valence-electron chi connectivity index (χ0n) is 11.6. The molecule has 0 amide bonds. The molecule has 1 fully saturated rings. The highest BCUT2D eigenvalue weighted by Crippen LogP contribution is 2.34. The van der Waals surface area contributed by atoms with Crippen molar-refractivity contribution in [3.63, 3.8) is 0 Å². The van der Waals surface area contributed by atoms with Crippen LogP contribution < -0.4 is 4.74 Å². The summed E-state index contributed by atoms with van der Waals surface area (Å²) < 4.78 is 19.0. The molecule has 0 saturated heterocycles. The molecule has 2 atom stereocenters. The van der Waals surface area contributed by atoms with Crippen LogP contribution >= 0.6 is 0 Å². The highest BCUT2D eigenvalue weighted by molar-refractivity contribution is 5.39. The van der Waals surface area contributed by atoms with E-state index in [1.54, 1.807) is 6.92 Å². The van der Waals surface area contributed by atoms with Gasteiger partial charge in [-0.3, -0.25) is 0 Å². The van der Waals surface area contributed by atoms with Crippen LogP contribution in [0.25, 0.3) is 0 Å². The van der Waals surface area contributed by atoms with E-state index >= 15 is 0 Å². The minimum absolute atomic E-state index is 0.208. The molecule has 100 valence electrons. The third-order valence-electron chi connectivity index (χ3n) is 3.55. The Morgan fingerprint density at radius 1 is 1.33 bits per heavy atom. The first-order valence-corrected chi connectivity index (χ1v) is 6.93. The Morgan fingerprint density at radius 2 is 2.06 bits per heavy atom. The summed E-state index contributed by atoms with van der Waals surface area (Å²) in [5.74, 6) is 1.90. The molecule has 0 N–H and O–H groups in total. The molecule has 2 rings (SSSR count). The second kappa shape index (κ2) is 5.73. The third-order valence-corrected chi connectivity index (χ3v) is 3.55. The minimum atomic E-state index is -0.767. The highest BCUT2D eigenvalue weighted by atomic mass is 19.1. The summed E-state index contributed by atoms with van der Waals surface area (Å²) in [7, 11) is 0. The Kier molecular flexibility index (Phi) is 4.26. The molecule has 1 aromatic carbocycles. The molecule has 1 nitrogen and oxygen atoms in total. The largest absolute Gasteiger partial charge is 0.493 e. The number of halogens is 1. The number of ether oxygens (including phenoxy) is 1. The SMILES string of the molecule is Cc1ccc(OCC2CC2)c(C(C)CC(C)F)c1. The van der Waals surface area contributed by atoms with Crippen LogP contribution in [0.4, 0.5) is 4.39 Å². The Labute approximate surface area is 109 Å². The van der Waals surface area contributed by atoms with E-state index in [0.29, 0.717) is 6.42 Å². The van der Waals surface area contributed by atoms with Crippen LogP contribution in [0, 0.1) is 12.8 Å². The van der Waals surface area contributed by atoms with Gasteiger partial charge in [0.05, 0.1) is 12.8 Å². The molecule has 2 heteroatoms. The van der Waals surface area contributed by atoms with Gasteiger partial charge in [-0.1, -0.05) is 24.6 Å². The van der Waals surface area contributed by atoms with Crippen molar-refractivity contribution in [1.29, 1.82) is 0 Å². The Balaban J connectivity index is 2.10. The van der Waals surface area contributed by atoms with Gasteiger partial charge in [0.25, 0.3) is 0 Å². The number of hydrogen-bond acceptors (Lipinski definition) is 1. The molecule has 0 spiro atoms. The van der Waals surface area contributed by atoms with Crippen molar-refractivity contribution in [3.8, 4) is 5.75 Å². The number of aryl methyl sites for hydroxylation is 1. The van der Waals surface area contributed by atoms with Gasteiger partial charge >= 0.3 is 0 Å². The van der Waals surface area contributed by atoms with Gasteiger partial charge in [0.1, 0.15) is 5.75 Å². The standard InChI is InChI=1S/C16H23FO/c1-11-4-7-16(18-10-14-5-6-14)15(8-11)12(2)9-13(3)17/h4,7-8,12-14H,5-6,9-10H2,1-3H3. The fourth-order valence-electron chi connectivity index (χ4n) is 2.29. The summed E-state index contributed by atoms with van der Waals surface area (Å²) in [6, 6.07) is 6.24. The van der Waals surface area contributed by atoms with Crippen molar-refractivity contribution in [1.82, 2.24) is 0 Å². The third kappa shape index (κ3) is 3.72. The molecule has 0 bridgehead atoms. The van der Waals surface area contributed by atoms with E-state index in [-0.39, 0.29) is 5.92 Å². The first kappa shape index (κ1) is 13.4. The monoisotopic (exact) mass is 250 g/mol. The first-order valence-electron chi connectivity index (χ1n) is 6.93. The lowest BCUT2D eigenvalue weighted by Crippen LogP contribution is -2.07. The van der Waals surface area contributed by atoms with E-state index in [0.717, 1.165) is 23.8 Å². The van der Waals surface area contributed by atoms with Crippen LogP contribution in [0.2, 0.25) is 0 Å². The summed E-state index contributed by atoms with van der Waals surface area (Å²) >= 11 is 0. The van der Waals surface area contributed by atoms with Crippen molar-refractivity contribution in [2.24, 2.45) is 5.92 Å². The van der Waals surface area contributed by atoms with Crippen LogP contribution in [-0.4, -0.2) is 12.8 Å². The number of benzene rings is 1. The summed E-state index contributed by atoms with van der Waals surface area (Å²) in [6.07, 6.45) is 2.37. The molecular weight excluding hydrogens is 227 g/mol. The van der Waals surface area contributed by atoms with E-state index in [4.69, 9.17) is 4.74 Å². The predicted octanol–water partition coefficient (Wildman–Crippen LogP) is 4.64. The van der Waals surface area contributed by atoms with Crippen LogP contribution in [-0.2, 0) is 0 Å². The Bertz CT molecular complexity index is 396. The smallest absolute Gasteiger partial charge is 0.122 e. The van der Waals surface area contributed by atoms with Gasteiger partial charge in [-0.05, 0) is 56.6 Å². The zero-order chi connectivity index (χ0) is 13.1. The maximum Gasteiger partial charge on any atom is 0.122 e. The molecule has 1 saturated carbocycles. The van der Waals surface area contributed by atoms with E-state index in [9.17, 15) is 4.39 Å². The summed E-state index contributed by atoms with van der Waals surface area (Å²) in [5, 5.41) is 0. The number of alkyl halides is 1. The summed E-state index contributed by atoms with van der Waals surface area (Å²) in [4.78, 5) is 0. The van der Waals surface area contributed by atoms with Crippen LogP contribution in [0.3, 0.4) is 0 Å². The molecule has 1 aliphatic rings. The molecule has 18 heavy (non-hydrogen) atoms. The molecule has 0 aromatic heterocycles. The normalized spacial score (nSPS) is 18.4. The first-order chi connectivity index (χ1) is 8.56.